The molecule has 25 heavy (non-hydrogen) atoms. The first-order valence-corrected chi connectivity index (χ1v) is 7.47. The molecule has 1 heterocycles. The second-order valence-corrected chi connectivity index (χ2v) is 5.45. The smallest absolute Gasteiger partial charge is 0.497 e. The van der Waals surface area contributed by atoms with Crippen LogP contribution in [0.4, 0.5) is 17.6 Å². The Morgan fingerprint density at radius 1 is 1.04 bits per heavy atom. The van der Waals surface area contributed by atoms with Crippen molar-refractivity contribution in [1.29, 1.82) is 0 Å². The van der Waals surface area contributed by atoms with Gasteiger partial charge in [-0.1, -0.05) is 6.07 Å². The lowest BCUT2D eigenvalue weighted by atomic mass is 10.0. The Balaban J connectivity index is 1.99. The highest BCUT2D eigenvalue weighted by Gasteiger charge is 2.33. The van der Waals surface area contributed by atoms with Gasteiger partial charge < -0.3 is 19.5 Å². The summed E-state index contributed by atoms with van der Waals surface area (Å²) in [5.74, 6) is -0.763. The molecule has 0 bridgehead atoms. The Morgan fingerprint density at radius 2 is 1.80 bits per heavy atom. The highest BCUT2D eigenvalue weighted by atomic mass is 19.4. The molecule has 3 rings (SSSR count). The molecule has 8 heteroatoms. The first-order valence-electron chi connectivity index (χ1n) is 7.47. The molecule has 2 aromatic carbocycles. The largest absolute Gasteiger partial charge is 0.573 e. The summed E-state index contributed by atoms with van der Waals surface area (Å²) in [5.41, 5.74) is 0.318. The van der Waals surface area contributed by atoms with Crippen LogP contribution < -0.4 is 19.5 Å². The summed E-state index contributed by atoms with van der Waals surface area (Å²) in [6.45, 7) is 1.08. The molecule has 1 fully saturated rings. The average Bonchev–Trinajstić information content (AvgIpc) is 2.51. The summed E-state index contributed by atoms with van der Waals surface area (Å²) in [4.78, 5) is 0. The summed E-state index contributed by atoms with van der Waals surface area (Å²) in [6, 6.07) is 7.93. The second kappa shape index (κ2) is 6.79. The number of halogens is 4. The highest BCUT2D eigenvalue weighted by Crippen LogP contribution is 2.38. The fraction of sp³-hybridized carbons (Fsp3) is 0.294. The van der Waals surface area contributed by atoms with Gasteiger partial charge in [-0.3, -0.25) is 0 Å². The summed E-state index contributed by atoms with van der Waals surface area (Å²) < 4.78 is 66.8. The van der Waals surface area contributed by atoms with Gasteiger partial charge in [0.2, 0.25) is 0 Å². The molecule has 1 saturated heterocycles. The maximum Gasteiger partial charge on any atom is 0.573 e. The summed E-state index contributed by atoms with van der Waals surface area (Å²) >= 11 is 0. The predicted octanol–water partition coefficient (Wildman–Crippen LogP) is 3.75. The maximum atomic E-state index is 14.1. The molecule has 1 N–H and O–H groups in total. The van der Waals surface area contributed by atoms with Gasteiger partial charge in [-0.05, 0) is 35.9 Å². The van der Waals surface area contributed by atoms with Crippen molar-refractivity contribution < 1.29 is 31.8 Å². The van der Waals surface area contributed by atoms with E-state index in [1.807, 2.05) is 0 Å². The van der Waals surface area contributed by atoms with Gasteiger partial charge in [-0.15, -0.1) is 13.2 Å². The van der Waals surface area contributed by atoms with E-state index in [0.717, 1.165) is 6.07 Å². The Morgan fingerprint density at radius 3 is 2.40 bits per heavy atom. The third kappa shape index (κ3) is 4.14. The number of hydrogen-bond acceptors (Lipinski definition) is 4. The summed E-state index contributed by atoms with van der Waals surface area (Å²) in [7, 11) is 1.42. The van der Waals surface area contributed by atoms with Crippen molar-refractivity contribution in [2.75, 3.05) is 20.2 Å². The molecule has 1 aliphatic heterocycles. The number of ether oxygens (including phenoxy) is 3. The van der Waals surface area contributed by atoms with Crippen LogP contribution in [0.25, 0.3) is 11.1 Å². The van der Waals surface area contributed by atoms with Gasteiger partial charge in [0.1, 0.15) is 17.7 Å². The minimum Gasteiger partial charge on any atom is -0.497 e. The van der Waals surface area contributed by atoms with Gasteiger partial charge in [-0.2, -0.15) is 0 Å². The van der Waals surface area contributed by atoms with Crippen LogP contribution in [0.15, 0.2) is 36.4 Å². The molecule has 134 valence electrons. The Kier molecular flexibility index (Phi) is 4.71. The molecule has 0 amide bonds. The molecule has 0 aromatic heterocycles. The first kappa shape index (κ1) is 17.3. The van der Waals surface area contributed by atoms with Crippen LogP contribution >= 0.6 is 0 Å². The van der Waals surface area contributed by atoms with E-state index in [0.29, 0.717) is 18.8 Å². The molecule has 0 radical (unpaired) electrons. The van der Waals surface area contributed by atoms with Gasteiger partial charge >= 0.3 is 6.36 Å². The third-order valence-electron chi connectivity index (χ3n) is 3.69. The molecular formula is C17H15F4NO3. The number of methoxy groups -OCH3 is 1. The molecule has 2 aromatic rings. The van der Waals surface area contributed by atoms with E-state index in [-0.39, 0.29) is 23.0 Å². The average molecular weight is 357 g/mol. The fourth-order valence-corrected chi connectivity index (χ4v) is 2.36. The molecule has 4 nitrogen and oxygen atoms in total. The van der Waals surface area contributed by atoms with Crippen LogP contribution in [0.3, 0.4) is 0 Å². The van der Waals surface area contributed by atoms with E-state index in [4.69, 9.17) is 9.47 Å². The van der Waals surface area contributed by atoms with Crippen molar-refractivity contribution in [2.45, 2.75) is 12.5 Å². The van der Waals surface area contributed by atoms with Crippen LogP contribution in [0.1, 0.15) is 0 Å². The topological polar surface area (TPSA) is 39.7 Å². The van der Waals surface area contributed by atoms with Crippen LogP contribution in [-0.2, 0) is 0 Å². The zero-order valence-corrected chi connectivity index (χ0v) is 13.2. The standard InChI is InChI=1S/C17H15F4NO3/c1-23-11-3-4-14(18)13(7-11)10-2-5-15(24-12-8-22-9-12)16(6-10)25-17(19,20)21/h2-7,12,22H,8-9H2,1H3. The van der Waals surface area contributed by atoms with Gasteiger partial charge in [-0.25, -0.2) is 4.39 Å². The summed E-state index contributed by atoms with van der Waals surface area (Å²) in [5, 5.41) is 2.96. The van der Waals surface area contributed by atoms with Gasteiger partial charge in [0.05, 0.1) is 7.11 Å². The molecule has 0 saturated carbocycles. The maximum absolute atomic E-state index is 14.1. The van der Waals surface area contributed by atoms with E-state index in [1.165, 1.54) is 37.4 Å². The Hall–Kier alpha value is -2.48. The minimum absolute atomic E-state index is 0.0455. The summed E-state index contributed by atoms with van der Waals surface area (Å²) in [6.07, 6.45) is -5.11. The molecular weight excluding hydrogens is 342 g/mol. The van der Waals surface area contributed by atoms with E-state index < -0.39 is 17.9 Å². The number of hydrogen-bond donors (Lipinski definition) is 1. The molecule has 0 spiro atoms. The monoisotopic (exact) mass is 357 g/mol. The van der Waals surface area contributed by atoms with Crippen molar-refractivity contribution in [2.24, 2.45) is 0 Å². The molecule has 0 unspecified atom stereocenters. The van der Waals surface area contributed by atoms with Crippen molar-refractivity contribution in [3.63, 3.8) is 0 Å². The van der Waals surface area contributed by atoms with Gasteiger partial charge in [0.25, 0.3) is 0 Å². The van der Waals surface area contributed by atoms with E-state index in [2.05, 4.69) is 10.1 Å². The molecule has 1 aliphatic rings. The van der Waals surface area contributed by atoms with Gasteiger partial charge in [0.15, 0.2) is 11.5 Å². The predicted molar refractivity (Wildman–Crippen MR) is 82.4 cm³/mol. The Labute approximate surface area is 141 Å². The lowest BCUT2D eigenvalue weighted by molar-refractivity contribution is -0.275. The van der Waals surface area contributed by atoms with Crippen molar-refractivity contribution in [3.05, 3.63) is 42.2 Å². The zero-order chi connectivity index (χ0) is 18.0. The van der Waals surface area contributed by atoms with E-state index >= 15 is 0 Å². The van der Waals surface area contributed by atoms with Gasteiger partial charge in [0, 0.05) is 18.7 Å². The van der Waals surface area contributed by atoms with Crippen LogP contribution in [-0.4, -0.2) is 32.7 Å². The number of rotatable bonds is 5. The minimum atomic E-state index is -4.89. The lowest BCUT2D eigenvalue weighted by Gasteiger charge is -2.28. The quantitative estimate of drug-likeness (QED) is 0.828. The zero-order valence-electron chi connectivity index (χ0n) is 13.2. The SMILES string of the molecule is COc1ccc(F)c(-c2ccc(OC3CNC3)c(OC(F)(F)F)c2)c1. The molecule has 0 aliphatic carbocycles. The van der Waals surface area contributed by atoms with E-state index in [1.54, 1.807) is 0 Å². The first-order chi connectivity index (χ1) is 11.9. The van der Waals surface area contributed by atoms with Crippen LogP contribution in [0, 0.1) is 5.82 Å². The number of alkyl halides is 3. The molecule has 0 atom stereocenters. The fourth-order valence-electron chi connectivity index (χ4n) is 2.36. The van der Waals surface area contributed by atoms with Crippen molar-refractivity contribution in [3.8, 4) is 28.4 Å². The number of nitrogens with one attached hydrogen (secondary N) is 1. The Bertz CT molecular complexity index is 760. The third-order valence-corrected chi connectivity index (χ3v) is 3.69. The van der Waals surface area contributed by atoms with E-state index in [9.17, 15) is 17.6 Å². The van der Waals surface area contributed by atoms with Crippen molar-refractivity contribution in [1.82, 2.24) is 5.32 Å². The lowest BCUT2D eigenvalue weighted by Crippen LogP contribution is -2.50. The number of benzene rings is 2. The van der Waals surface area contributed by atoms with Crippen LogP contribution in [0.5, 0.6) is 17.2 Å². The van der Waals surface area contributed by atoms with Crippen molar-refractivity contribution >= 4 is 0 Å². The highest BCUT2D eigenvalue weighted by molar-refractivity contribution is 5.69. The normalized spacial score (nSPS) is 14.8. The van der Waals surface area contributed by atoms with Crippen LogP contribution in [0.2, 0.25) is 0 Å². The second-order valence-electron chi connectivity index (χ2n) is 5.45.